The number of halogens is 3. The van der Waals surface area contributed by atoms with Gasteiger partial charge in [0.2, 0.25) is 0 Å². The van der Waals surface area contributed by atoms with Crippen LogP contribution in [0.2, 0.25) is 0 Å². The summed E-state index contributed by atoms with van der Waals surface area (Å²) < 4.78 is 43.6. The molecule has 19 heavy (non-hydrogen) atoms. The van der Waals surface area contributed by atoms with E-state index < -0.39 is 17.7 Å². The van der Waals surface area contributed by atoms with Gasteiger partial charge >= 0.3 is 12.1 Å². The van der Waals surface area contributed by atoms with E-state index in [9.17, 15) is 18.0 Å². The lowest BCUT2D eigenvalue weighted by Gasteiger charge is -2.12. The second kappa shape index (κ2) is 4.87. The molecule has 0 fully saturated rings. The number of carbonyl (C=O) groups is 1. The number of ether oxygens (including phenoxy) is 1. The quantitative estimate of drug-likeness (QED) is 0.784. The number of nitrogens with zero attached hydrogens (tertiary/aromatic N) is 1. The Morgan fingerprint density at radius 2 is 2.11 bits per heavy atom. The number of alkyl halides is 3. The van der Waals surface area contributed by atoms with E-state index in [1.807, 2.05) is 0 Å². The average Bonchev–Trinajstić information content (AvgIpc) is 2.36. The molecule has 2 aromatic rings. The third-order valence-corrected chi connectivity index (χ3v) is 2.54. The maximum absolute atomic E-state index is 13.0. The average molecular weight is 269 g/mol. The molecule has 0 amide bonds. The molecule has 0 bridgehead atoms. The molecule has 0 aliphatic heterocycles. The smallest absolute Gasteiger partial charge is 0.417 e. The highest BCUT2D eigenvalue weighted by molar-refractivity contribution is 5.95. The van der Waals surface area contributed by atoms with E-state index >= 15 is 0 Å². The molecule has 0 aliphatic rings. The molecule has 0 spiro atoms. The maximum Gasteiger partial charge on any atom is 0.417 e. The van der Waals surface area contributed by atoms with Crippen LogP contribution < -0.4 is 0 Å². The van der Waals surface area contributed by atoms with E-state index in [0.29, 0.717) is 0 Å². The Bertz CT molecular complexity index is 623. The van der Waals surface area contributed by atoms with Crippen molar-refractivity contribution in [3.05, 3.63) is 41.6 Å². The topological polar surface area (TPSA) is 39.2 Å². The van der Waals surface area contributed by atoms with E-state index in [4.69, 9.17) is 4.74 Å². The minimum atomic E-state index is -4.55. The van der Waals surface area contributed by atoms with Crippen LogP contribution in [-0.4, -0.2) is 17.6 Å². The van der Waals surface area contributed by atoms with Crippen molar-refractivity contribution in [2.45, 2.75) is 13.1 Å². The van der Waals surface area contributed by atoms with Gasteiger partial charge in [0, 0.05) is 11.6 Å². The van der Waals surface area contributed by atoms with E-state index in [-0.39, 0.29) is 23.1 Å². The molecule has 0 N–H and O–H groups in total. The normalized spacial score (nSPS) is 11.6. The van der Waals surface area contributed by atoms with Crippen LogP contribution in [0.1, 0.15) is 22.8 Å². The monoisotopic (exact) mass is 269 g/mol. The Hall–Kier alpha value is -2.11. The van der Waals surface area contributed by atoms with Gasteiger partial charge in [0.05, 0.1) is 23.3 Å². The first-order valence-electron chi connectivity index (χ1n) is 5.56. The van der Waals surface area contributed by atoms with Gasteiger partial charge < -0.3 is 4.74 Å². The molecule has 0 radical (unpaired) electrons. The van der Waals surface area contributed by atoms with Gasteiger partial charge in [-0.3, -0.25) is 4.98 Å². The van der Waals surface area contributed by atoms with Crippen LogP contribution >= 0.6 is 0 Å². The Morgan fingerprint density at radius 3 is 2.74 bits per heavy atom. The van der Waals surface area contributed by atoms with E-state index in [1.54, 1.807) is 6.92 Å². The van der Waals surface area contributed by atoms with Crippen molar-refractivity contribution < 1.29 is 22.7 Å². The van der Waals surface area contributed by atoms with Crippen LogP contribution in [0.25, 0.3) is 10.9 Å². The number of aromatic nitrogens is 1. The predicted octanol–water partition coefficient (Wildman–Crippen LogP) is 3.43. The van der Waals surface area contributed by atoms with Gasteiger partial charge in [-0.25, -0.2) is 4.79 Å². The highest BCUT2D eigenvalue weighted by Crippen LogP contribution is 2.35. The van der Waals surface area contributed by atoms with Gasteiger partial charge in [-0.15, -0.1) is 0 Å². The van der Waals surface area contributed by atoms with Crippen LogP contribution in [0.5, 0.6) is 0 Å². The third kappa shape index (κ3) is 2.67. The van der Waals surface area contributed by atoms with Crippen molar-refractivity contribution in [1.29, 1.82) is 0 Å². The van der Waals surface area contributed by atoms with Crippen molar-refractivity contribution in [2.24, 2.45) is 0 Å². The van der Waals surface area contributed by atoms with Crippen LogP contribution in [0, 0.1) is 0 Å². The first-order valence-corrected chi connectivity index (χ1v) is 5.56. The van der Waals surface area contributed by atoms with Crippen LogP contribution in [-0.2, 0) is 10.9 Å². The molecular formula is C13H10F3NO2. The van der Waals surface area contributed by atoms with Gasteiger partial charge in [-0.2, -0.15) is 13.2 Å². The molecule has 0 unspecified atom stereocenters. The number of pyridine rings is 1. The largest absolute Gasteiger partial charge is 0.462 e. The number of benzene rings is 1. The summed E-state index contributed by atoms with van der Waals surface area (Å²) in [5.41, 5.74) is -0.929. The molecule has 1 aromatic heterocycles. The van der Waals surface area contributed by atoms with E-state index in [1.165, 1.54) is 24.4 Å². The van der Waals surface area contributed by atoms with Crippen molar-refractivity contribution in [1.82, 2.24) is 4.98 Å². The lowest BCUT2D eigenvalue weighted by Crippen LogP contribution is -2.11. The highest BCUT2D eigenvalue weighted by Gasteiger charge is 2.33. The van der Waals surface area contributed by atoms with Crippen LogP contribution in [0.3, 0.4) is 0 Å². The fraction of sp³-hybridized carbons (Fsp3) is 0.231. The Morgan fingerprint density at radius 1 is 1.37 bits per heavy atom. The third-order valence-electron chi connectivity index (χ3n) is 2.54. The summed E-state index contributed by atoms with van der Waals surface area (Å²) in [4.78, 5) is 15.4. The first kappa shape index (κ1) is 13.3. The summed E-state index contributed by atoms with van der Waals surface area (Å²) >= 11 is 0. The number of rotatable bonds is 2. The lowest BCUT2D eigenvalue weighted by atomic mass is 10.0. The first-order chi connectivity index (χ1) is 8.93. The van der Waals surface area contributed by atoms with E-state index in [0.717, 1.165) is 6.07 Å². The van der Waals surface area contributed by atoms with E-state index in [2.05, 4.69) is 4.98 Å². The minimum Gasteiger partial charge on any atom is -0.462 e. The Labute approximate surface area is 107 Å². The molecule has 100 valence electrons. The second-order valence-corrected chi connectivity index (χ2v) is 3.81. The molecule has 0 saturated heterocycles. The second-order valence-electron chi connectivity index (χ2n) is 3.81. The summed E-state index contributed by atoms with van der Waals surface area (Å²) in [5, 5.41) is -0.0388. The predicted molar refractivity (Wildman–Crippen MR) is 62.7 cm³/mol. The SMILES string of the molecule is CCOC(=O)c1cc(C(F)(F)F)c2cccnc2c1. The van der Waals surface area contributed by atoms with Gasteiger partial charge in [-0.05, 0) is 25.1 Å². The number of fused-ring (bicyclic) bond motifs is 1. The summed E-state index contributed by atoms with van der Waals surface area (Å²) in [7, 11) is 0. The number of carbonyl (C=O) groups excluding carboxylic acids is 1. The summed E-state index contributed by atoms with van der Waals surface area (Å²) in [6.45, 7) is 1.68. The molecule has 1 heterocycles. The fourth-order valence-electron chi connectivity index (χ4n) is 1.75. The molecule has 1 aromatic carbocycles. The summed E-state index contributed by atoms with van der Waals surface area (Å²) in [5.74, 6) is -0.791. The van der Waals surface area contributed by atoms with Gasteiger partial charge in [0.25, 0.3) is 0 Å². The molecule has 3 nitrogen and oxygen atoms in total. The number of hydrogen-bond acceptors (Lipinski definition) is 3. The Kier molecular flexibility index (Phi) is 3.42. The Balaban J connectivity index is 2.67. The highest BCUT2D eigenvalue weighted by atomic mass is 19.4. The van der Waals surface area contributed by atoms with Crippen molar-refractivity contribution in [3.8, 4) is 0 Å². The van der Waals surface area contributed by atoms with Crippen LogP contribution in [0.4, 0.5) is 13.2 Å². The maximum atomic E-state index is 13.0. The number of hydrogen-bond donors (Lipinski definition) is 0. The molecule has 0 aliphatic carbocycles. The zero-order chi connectivity index (χ0) is 14.0. The lowest BCUT2D eigenvalue weighted by molar-refractivity contribution is -0.136. The van der Waals surface area contributed by atoms with Gasteiger partial charge in [0.1, 0.15) is 0 Å². The van der Waals surface area contributed by atoms with Crippen LogP contribution in [0.15, 0.2) is 30.5 Å². The molecule has 0 atom stereocenters. The molecular weight excluding hydrogens is 259 g/mol. The van der Waals surface area contributed by atoms with Crippen molar-refractivity contribution in [2.75, 3.05) is 6.61 Å². The minimum absolute atomic E-state index is 0.0388. The van der Waals surface area contributed by atoms with Crippen molar-refractivity contribution in [3.63, 3.8) is 0 Å². The zero-order valence-electron chi connectivity index (χ0n) is 9.99. The molecule has 0 saturated carbocycles. The molecule has 6 heteroatoms. The van der Waals surface area contributed by atoms with Crippen molar-refractivity contribution >= 4 is 16.9 Å². The number of esters is 1. The zero-order valence-corrected chi connectivity index (χ0v) is 9.99. The fourth-order valence-corrected chi connectivity index (χ4v) is 1.75. The summed E-state index contributed by atoms with van der Waals surface area (Å²) in [6, 6.07) is 4.83. The molecule has 2 rings (SSSR count). The standard InChI is InChI=1S/C13H10F3NO2/c1-2-19-12(18)8-6-10(13(14,15)16)9-4-3-5-17-11(9)7-8/h3-7H,2H2,1H3. The van der Waals surface area contributed by atoms with Gasteiger partial charge in [-0.1, -0.05) is 6.07 Å². The van der Waals surface area contributed by atoms with Gasteiger partial charge in [0.15, 0.2) is 0 Å². The summed E-state index contributed by atoms with van der Waals surface area (Å²) in [6.07, 6.45) is -3.18.